The van der Waals surface area contributed by atoms with Gasteiger partial charge in [-0.3, -0.25) is 9.69 Å². The molecular formula is C28H33N5OS. The zero-order valence-corrected chi connectivity index (χ0v) is 21.5. The largest absolute Gasteiger partial charge is 0.353 e. The van der Waals surface area contributed by atoms with Crippen LogP contribution < -0.4 is 5.32 Å². The second kappa shape index (κ2) is 10.5. The van der Waals surface area contributed by atoms with E-state index < -0.39 is 0 Å². The zero-order valence-electron chi connectivity index (χ0n) is 20.7. The van der Waals surface area contributed by atoms with Crippen LogP contribution in [-0.2, 0) is 17.8 Å². The van der Waals surface area contributed by atoms with Crippen LogP contribution in [0, 0.1) is 6.92 Å². The lowest BCUT2D eigenvalue weighted by atomic mass is 10.0. The topological polar surface area (TPSA) is 61.4 Å². The van der Waals surface area contributed by atoms with Crippen molar-refractivity contribution in [1.82, 2.24) is 25.1 Å². The molecule has 7 heteroatoms. The van der Waals surface area contributed by atoms with Crippen LogP contribution in [0.15, 0.2) is 59.9 Å². The van der Waals surface area contributed by atoms with E-state index in [0.29, 0.717) is 6.54 Å². The van der Waals surface area contributed by atoms with Crippen LogP contribution in [0.5, 0.6) is 0 Å². The molecule has 6 nitrogen and oxygen atoms in total. The minimum atomic E-state index is -0.148. The number of nitrogens with one attached hydrogen (secondary N) is 1. The summed E-state index contributed by atoms with van der Waals surface area (Å²) in [6, 6.07) is 17.2. The Hall–Kier alpha value is -2.74. The van der Waals surface area contributed by atoms with Crippen molar-refractivity contribution in [3.63, 3.8) is 0 Å². The summed E-state index contributed by atoms with van der Waals surface area (Å²) < 4.78 is 0. The fourth-order valence-corrected chi connectivity index (χ4v) is 6.24. The third kappa shape index (κ3) is 5.58. The summed E-state index contributed by atoms with van der Waals surface area (Å²) in [5.41, 5.74) is 7.70. The van der Waals surface area contributed by atoms with Gasteiger partial charge in [0.25, 0.3) is 0 Å². The van der Waals surface area contributed by atoms with E-state index in [1.165, 1.54) is 27.8 Å². The van der Waals surface area contributed by atoms with Gasteiger partial charge >= 0.3 is 0 Å². The molecule has 1 saturated heterocycles. The summed E-state index contributed by atoms with van der Waals surface area (Å²) in [6.45, 7) is 5.08. The summed E-state index contributed by atoms with van der Waals surface area (Å²) >= 11 is 1.69. The maximum Gasteiger partial charge on any atom is 0.237 e. The van der Waals surface area contributed by atoms with Crippen molar-refractivity contribution in [1.29, 1.82) is 0 Å². The number of likely N-dealkylation sites (N-methyl/N-ethyl adjacent to an activating group) is 1. The van der Waals surface area contributed by atoms with Gasteiger partial charge in [0.2, 0.25) is 5.91 Å². The molecule has 0 saturated carbocycles. The highest BCUT2D eigenvalue weighted by atomic mass is 32.2. The van der Waals surface area contributed by atoms with Gasteiger partial charge in [-0.05, 0) is 67.7 Å². The number of likely N-dealkylation sites (tertiary alicyclic amines) is 1. The summed E-state index contributed by atoms with van der Waals surface area (Å²) in [4.78, 5) is 26.6. The number of carbonyl (C=O) groups excluding carboxylic acids is 1. The molecule has 1 N–H and O–H groups in total. The second-order valence-corrected chi connectivity index (χ2v) is 11.1. The molecule has 2 aromatic carbocycles. The highest BCUT2D eigenvalue weighted by Gasteiger charge is 2.37. The Morgan fingerprint density at radius 1 is 1.14 bits per heavy atom. The van der Waals surface area contributed by atoms with Gasteiger partial charge in [-0.15, -0.1) is 0 Å². The van der Waals surface area contributed by atoms with Gasteiger partial charge in [0.15, 0.2) is 5.16 Å². The standard InChI is InChI=1S/C28H33N5OS/c1-19-10-11-30-28(31-19)35-23-16-26(27(34)29-12-13-32(2)3)33(18-23)17-20-8-9-25-22(14-20)15-21-6-4-5-7-24(21)25/h4-11,14,23,26H,12-13,15-18H2,1-3H3,(H,29,34)/t23-,26+/m1/s1. The molecule has 182 valence electrons. The van der Waals surface area contributed by atoms with Crippen LogP contribution in [-0.4, -0.2) is 70.7 Å². The molecule has 0 bridgehead atoms. The average molecular weight is 488 g/mol. The van der Waals surface area contributed by atoms with Crippen LogP contribution in [0.2, 0.25) is 0 Å². The molecule has 2 atom stereocenters. The molecule has 35 heavy (non-hydrogen) atoms. The van der Waals surface area contributed by atoms with E-state index in [0.717, 1.165) is 43.3 Å². The highest BCUT2D eigenvalue weighted by Crippen LogP contribution is 2.38. The van der Waals surface area contributed by atoms with E-state index >= 15 is 0 Å². The molecular weight excluding hydrogens is 454 g/mol. The minimum Gasteiger partial charge on any atom is -0.353 e. The van der Waals surface area contributed by atoms with E-state index in [1.54, 1.807) is 11.8 Å². The number of aryl methyl sites for hydroxylation is 1. The monoisotopic (exact) mass is 487 g/mol. The molecule has 1 amide bonds. The molecule has 2 heterocycles. The number of hydrogen-bond donors (Lipinski definition) is 1. The number of benzene rings is 2. The molecule has 1 aliphatic carbocycles. The SMILES string of the molecule is Cc1ccnc(S[C@@H]2C[C@@H](C(=O)NCCN(C)C)N(Cc3ccc4c(c3)Cc3ccccc3-4)C2)n1. The first-order valence-electron chi connectivity index (χ1n) is 12.3. The Bertz CT molecular complexity index is 1210. The van der Waals surface area contributed by atoms with Crippen molar-refractivity contribution in [3.05, 3.63) is 77.1 Å². The molecule has 0 spiro atoms. The van der Waals surface area contributed by atoms with Gasteiger partial charge in [0, 0.05) is 43.3 Å². The van der Waals surface area contributed by atoms with Crippen LogP contribution in [0.1, 0.15) is 28.8 Å². The summed E-state index contributed by atoms with van der Waals surface area (Å²) in [5, 5.41) is 4.22. The average Bonchev–Trinajstić information content (AvgIpc) is 3.39. The second-order valence-electron chi connectivity index (χ2n) is 9.82. The number of nitrogens with zero attached hydrogens (tertiary/aromatic N) is 4. The van der Waals surface area contributed by atoms with Crippen molar-refractivity contribution in [2.24, 2.45) is 0 Å². The highest BCUT2D eigenvalue weighted by molar-refractivity contribution is 7.99. The predicted octanol–water partition coefficient (Wildman–Crippen LogP) is 3.77. The van der Waals surface area contributed by atoms with E-state index in [9.17, 15) is 4.79 Å². The first-order valence-corrected chi connectivity index (χ1v) is 13.2. The molecule has 0 unspecified atom stereocenters. The Balaban J connectivity index is 1.31. The third-order valence-electron chi connectivity index (χ3n) is 6.81. The van der Waals surface area contributed by atoms with Crippen molar-refractivity contribution in [3.8, 4) is 11.1 Å². The lowest BCUT2D eigenvalue weighted by Gasteiger charge is -2.24. The normalized spacial score (nSPS) is 19.1. The number of hydrogen-bond acceptors (Lipinski definition) is 6. The molecule has 1 aromatic heterocycles. The van der Waals surface area contributed by atoms with Gasteiger partial charge < -0.3 is 10.2 Å². The van der Waals surface area contributed by atoms with Crippen molar-refractivity contribution >= 4 is 17.7 Å². The Morgan fingerprint density at radius 2 is 1.97 bits per heavy atom. The fourth-order valence-electron chi connectivity index (χ4n) is 5.08. The summed E-state index contributed by atoms with van der Waals surface area (Å²) in [6.07, 6.45) is 3.59. The zero-order chi connectivity index (χ0) is 24.4. The number of carbonyl (C=O) groups is 1. The Kier molecular flexibility index (Phi) is 7.18. The van der Waals surface area contributed by atoms with Crippen molar-refractivity contribution in [2.45, 2.75) is 42.8 Å². The molecule has 0 radical (unpaired) electrons. The maximum atomic E-state index is 13.2. The number of amides is 1. The van der Waals surface area contributed by atoms with Gasteiger partial charge in [-0.25, -0.2) is 9.97 Å². The van der Waals surface area contributed by atoms with Crippen LogP contribution in [0.3, 0.4) is 0 Å². The number of rotatable bonds is 8. The quantitative estimate of drug-likeness (QED) is 0.382. The number of fused-ring (bicyclic) bond motifs is 3. The van der Waals surface area contributed by atoms with Crippen LogP contribution in [0.4, 0.5) is 0 Å². The number of thioether (sulfide) groups is 1. The van der Waals surface area contributed by atoms with E-state index in [4.69, 9.17) is 0 Å². The number of aromatic nitrogens is 2. The Labute approximate surface area is 212 Å². The smallest absolute Gasteiger partial charge is 0.237 e. The van der Waals surface area contributed by atoms with E-state index in [1.807, 2.05) is 33.3 Å². The molecule has 2 aliphatic rings. The lowest BCUT2D eigenvalue weighted by molar-refractivity contribution is -0.125. The Morgan fingerprint density at radius 3 is 2.80 bits per heavy atom. The third-order valence-corrected chi connectivity index (χ3v) is 7.90. The van der Waals surface area contributed by atoms with Crippen molar-refractivity contribution in [2.75, 3.05) is 33.7 Å². The molecule has 5 rings (SSSR count). The molecule has 3 aromatic rings. The van der Waals surface area contributed by atoms with Gasteiger partial charge in [-0.1, -0.05) is 54.2 Å². The fraction of sp³-hybridized carbons (Fsp3) is 0.393. The maximum absolute atomic E-state index is 13.2. The minimum absolute atomic E-state index is 0.119. The van der Waals surface area contributed by atoms with Gasteiger partial charge in [0.1, 0.15) is 0 Å². The first kappa shape index (κ1) is 24.0. The first-order chi connectivity index (χ1) is 17.0. The molecule has 1 fully saturated rings. The molecule has 1 aliphatic heterocycles. The predicted molar refractivity (Wildman–Crippen MR) is 141 cm³/mol. The summed E-state index contributed by atoms with van der Waals surface area (Å²) in [5.74, 6) is 0.119. The van der Waals surface area contributed by atoms with Gasteiger partial charge in [0.05, 0.1) is 6.04 Å². The van der Waals surface area contributed by atoms with Crippen molar-refractivity contribution < 1.29 is 4.79 Å². The van der Waals surface area contributed by atoms with Gasteiger partial charge in [-0.2, -0.15) is 0 Å². The van der Waals surface area contributed by atoms with Crippen LogP contribution >= 0.6 is 11.8 Å². The lowest BCUT2D eigenvalue weighted by Crippen LogP contribution is -2.44. The van der Waals surface area contributed by atoms with E-state index in [-0.39, 0.29) is 17.2 Å². The summed E-state index contributed by atoms with van der Waals surface area (Å²) in [7, 11) is 4.05. The van der Waals surface area contributed by atoms with Crippen LogP contribution in [0.25, 0.3) is 11.1 Å². The van der Waals surface area contributed by atoms with E-state index in [2.05, 4.69) is 67.5 Å².